The van der Waals surface area contributed by atoms with Gasteiger partial charge in [0.25, 0.3) is 5.56 Å². The molecule has 19 heavy (non-hydrogen) atoms. The normalized spacial score (nSPS) is 10.9. The van der Waals surface area contributed by atoms with Crippen molar-refractivity contribution in [3.8, 4) is 0 Å². The summed E-state index contributed by atoms with van der Waals surface area (Å²) in [5.41, 5.74) is 0.588. The van der Waals surface area contributed by atoms with Gasteiger partial charge in [-0.1, -0.05) is 0 Å². The van der Waals surface area contributed by atoms with E-state index in [1.54, 1.807) is 18.7 Å². The zero-order chi connectivity index (χ0) is 13.8. The molecule has 0 amide bonds. The van der Waals surface area contributed by atoms with E-state index in [1.165, 1.54) is 4.68 Å². The van der Waals surface area contributed by atoms with Crippen molar-refractivity contribution in [3.05, 3.63) is 39.7 Å². The molecule has 0 saturated carbocycles. The number of nitrogens with zero attached hydrogens (tertiary/aromatic N) is 4. The van der Waals surface area contributed by atoms with E-state index in [1.807, 2.05) is 24.6 Å². The molecule has 0 fully saturated rings. The Labute approximate surface area is 119 Å². The molecule has 2 rings (SSSR count). The summed E-state index contributed by atoms with van der Waals surface area (Å²) in [6.45, 7) is 5.32. The van der Waals surface area contributed by atoms with Gasteiger partial charge in [0, 0.05) is 25.5 Å². The number of nitrogens with one attached hydrogen (secondary N) is 1. The molecular formula is C12H16BrN5O. The molecule has 2 aromatic rings. The zero-order valence-electron chi connectivity index (χ0n) is 10.9. The van der Waals surface area contributed by atoms with Crippen molar-refractivity contribution in [3.63, 3.8) is 0 Å². The average molecular weight is 326 g/mol. The summed E-state index contributed by atoms with van der Waals surface area (Å²) >= 11 is 3.32. The maximum absolute atomic E-state index is 12.0. The van der Waals surface area contributed by atoms with Crippen LogP contribution in [0.3, 0.4) is 0 Å². The third kappa shape index (κ3) is 3.23. The highest BCUT2D eigenvalue weighted by Gasteiger charge is 2.10. The predicted octanol–water partition coefficient (Wildman–Crippen LogP) is 1.90. The Kier molecular flexibility index (Phi) is 4.36. The molecule has 7 heteroatoms. The van der Waals surface area contributed by atoms with Crippen molar-refractivity contribution in [2.75, 3.05) is 11.9 Å². The molecule has 0 atom stereocenters. The van der Waals surface area contributed by atoms with Gasteiger partial charge in [-0.05, 0) is 29.8 Å². The molecule has 0 aromatic carbocycles. The lowest BCUT2D eigenvalue weighted by Gasteiger charge is -2.12. The molecule has 0 saturated heterocycles. The van der Waals surface area contributed by atoms with Gasteiger partial charge in [-0.3, -0.25) is 4.79 Å². The van der Waals surface area contributed by atoms with Crippen molar-refractivity contribution >= 4 is 21.6 Å². The fourth-order valence-electron chi connectivity index (χ4n) is 1.67. The second-order valence-corrected chi connectivity index (χ2v) is 5.24. The Hall–Kier alpha value is -1.63. The van der Waals surface area contributed by atoms with Crippen LogP contribution < -0.4 is 10.9 Å². The van der Waals surface area contributed by atoms with Gasteiger partial charge in [-0.2, -0.15) is 5.10 Å². The van der Waals surface area contributed by atoms with Gasteiger partial charge in [0.15, 0.2) is 0 Å². The fraction of sp³-hybridized carbons (Fsp3) is 0.417. The Bertz CT molecular complexity index is 591. The standard InChI is InChI=1S/C12H16BrN5O/c1-9(2)18-12(19)11(13)10(7-16-18)15-4-6-17-5-3-14-8-17/h3,5,7-9,15H,4,6H2,1-2H3. The maximum atomic E-state index is 12.0. The van der Waals surface area contributed by atoms with E-state index in [0.29, 0.717) is 16.7 Å². The third-order valence-electron chi connectivity index (χ3n) is 2.68. The molecule has 2 heterocycles. The van der Waals surface area contributed by atoms with Crippen LogP contribution in [0.5, 0.6) is 0 Å². The van der Waals surface area contributed by atoms with Crippen LogP contribution >= 0.6 is 15.9 Å². The molecule has 1 N–H and O–H groups in total. The van der Waals surface area contributed by atoms with Crippen LogP contribution in [-0.4, -0.2) is 25.9 Å². The van der Waals surface area contributed by atoms with E-state index in [2.05, 4.69) is 31.3 Å². The lowest BCUT2D eigenvalue weighted by molar-refractivity contribution is 0.501. The number of hydrogen-bond donors (Lipinski definition) is 1. The highest BCUT2D eigenvalue weighted by molar-refractivity contribution is 9.10. The van der Waals surface area contributed by atoms with E-state index in [0.717, 1.165) is 6.54 Å². The minimum atomic E-state index is -0.123. The maximum Gasteiger partial charge on any atom is 0.283 e. The van der Waals surface area contributed by atoms with Crippen molar-refractivity contribution < 1.29 is 0 Å². The van der Waals surface area contributed by atoms with Crippen LogP contribution in [-0.2, 0) is 6.54 Å². The second-order valence-electron chi connectivity index (χ2n) is 4.44. The lowest BCUT2D eigenvalue weighted by Crippen LogP contribution is -2.26. The van der Waals surface area contributed by atoms with Gasteiger partial charge in [0.05, 0.1) is 24.3 Å². The van der Waals surface area contributed by atoms with Gasteiger partial charge in [0.2, 0.25) is 0 Å². The van der Waals surface area contributed by atoms with Crippen LogP contribution in [0.1, 0.15) is 19.9 Å². The first-order valence-electron chi connectivity index (χ1n) is 6.06. The van der Waals surface area contributed by atoms with E-state index in [-0.39, 0.29) is 11.6 Å². The largest absolute Gasteiger partial charge is 0.381 e. The summed E-state index contributed by atoms with van der Waals surface area (Å²) in [4.78, 5) is 16.0. The van der Waals surface area contributed by atoms with E-state index in [9.17, 15) is 4.79 Å². The summed E-state index contributed by atoms with van der Waals surface area (Å²) in [6.07, 6.45) is 7.05. The Morgan fingerprint density at radius 3 is 2.89 bits per heavy atom. The van der Waals surface area contributed by atoms with Gasteiger partial charge in [-0.15, -0.1) is 0 Å². The molecule has 0 bridgehead atoms. The van der Waals surface area contributed by atoms with Gasteiger partial charge in [-0.25, -0.2) is 9.67 Å². The summed E-state index contributed by atoms with van der Waals surface area (Å²) in [5.74, 6) is 0. The summed E-state index contributed by atoms with van der Waals surface area (Å²) < 4.78 is 3.93. The third-order valence-corrected chi connectivity index (χ3v) is 3.44. The number of imidazole rings is 1. The van der Waals surface area contributed by atoms with Gasteiger partial charge < -0.3 is 9.88 Å². The van der Waals surface area contributed by atoms with Crippen LogP contribution in [0.25, 0.3) is 0 Å². The smallest absolute Gasteiger partial charge is 0.283 e. The first-order valence-corrected chi connectivity index (χ1v) is 6.86. The quantitative estimate of drug-likeness (QED) is 0.911. The molecular weight excluding hydrogens is 310 g/mol. The number of aromatic nitrogens is 4. The minimum absolute atomic E-state index is 0.0452. The topological polar surface area (TPSA) is 64.7 Å². The van der Waals surface area contributed by atoms with E-state index < -0.39 is 0 Å². The molecule has 0 aliphatic carbocycles. The molecule has 0 spiro atoms. The van der Waals surface area contributed by atoms with Crippen LogP contribution in [0, 0.1) is 0 Å². The van der Waals surface area contributed by atoms with E-state index in [4.69, 9.17) is 0 Å². The molecule has 0 aliphatic rings. The predicted molar refractivity (Wildman–Crippen MR) is 77.3 cm³/mol. The van der Waals surface area contributed by atoms with Crippen LogP contribution in [0.2, 0.25) is 0 Å². The Morgan fingerprint density at radius 1 is 1.47 bits per heavy atom. The first kappa shape index (κ1) is 13.8. The highest BCUT2D eigenvalue weighted by Crippen LogP contribution is 2.16. The van der Waals surface area contributed by atoms with Crippen molar-refractivity contribution in [1.29, 1.82) is 0 Å². The lowest BCUT2D eigenvalue weighted by atomic mass is 10.4. The highest BCUT2D eigenvalue weighted by atomic mass is 79.9. The number of anilines is 1. The zero-order valence-corrected chi connectivity index (χ0v) is 12.5. The number of halogens is 1. The van der Waals surface area contributed by atoms with Crippen molar-refractivity contribution in [2.24, 2.45) is 0 Å². The monoisotopic (exact) mass is 325 g/mol. The summed E-state index contributed by atoms with van der Waals surface area (Å²) in [6, 6.07) is 0.0452. The first-order chi connectivity index (χ1) is 9.09. The Balaban J connectivity index is 2.05. The molecule has 2 aromatic heterocycles. The molecule has 102 valence electrons. The number of rotatable bonds is 5. The Morgan fingerprint density at radius 2 is 2.26 bits per heavy atom. The van der Waals surface area contributed by atoms with Crippen molar-refractivity contribution in [1.82, 2.24) is 19.3 Å². The SMILES string of the molecule is CC(C)n1ncc(NCCn2ccnc2)c(Br)c1=O. The average Bonchev–Trinajstić information content (AvgIpc) is 2.87. The van der Waals surface area contributed by atoms with Gasteiger partial charge in [0.1, 0.15) is 4.47 Å². The molecule has 6 nitrogen and oxygen atoms in total. The van der Waals surface area contributed by atoms with Gasteiger partial charge >= 0.3 is 0 Å². The fourth-order valence-corrected chi connectivity index (χ4v) is 2.10. The minimum Gasteiger partial charge on any atom is -0.381 e. The van der Waals surface area contributed by atoms with Crippen LogP contribution in [0.4, 0.5) is 5.69 Å². The van der Waals surface area contributed by atoms with Crippen molar-refractivity contribution in [2.45, 2.75) is 26.4 Å². The van der Waals surface area contributed by atoms with E-state index >= 15 is 0 Å². The molecule has 0 radical (unpaired) electrons. The summed E-state index contributed by atoms with van der Waals surface area (Å²) in [7, 11) is 0. The molecule has 0 aliphatic heterocycles. The molecule has 0 unspecified atom stereocenters. The van der Waals surface area contributed by atoms with Crippen LogP contribution in [0.15, 0.2) is 34.2 Å². The second kappa shape index (κ2) is 6.01. The summed E-state index contributed by atoms with van der Waals surface area (Å²) in [5, 5.41) is 7.33. The number of hydrogen-bond acceptors (Lipinski definition) is 4.